The minimum Gasteiger partial charge on any atom is -0.381 e. The van der Waals surface area contributed by atoms with Crippen molar-refractivity contribution < 1.29 is 9.13 Å². The third-order valence-electron chi connectivity index (χ3n) is 3.97. The first-order valence-corrected chi connectivity index (χ1v) is 7.11. The van der Waals surface area contributed by atoms with Gasteiger partial charge in [-0.25, -0.2) is 4.39 Å². The molecule has 5 nitrogen and oxygen atoms in total. The minimum atomic E-state index is -0.387. The summed E-state index contributed by atoms with van der Waals surface area (Å²) in [6, 6.07) is 6.64. The van der Waals surface area contributed by atoms with Gasteiger partial charge in [-0.15, -0.1) is 0 Å². The molecule has 0 radical (unpaired) electrons. The van der Waals surface area contributed by atoms with E-state index in [1.54, 1.807) is 18.2 Å². The average Bonchev–Trinajstić information content (AvgIpc) is 2.90. The molecule has 1 unspecified atom stereocenters. The predicted molar refractivity (Wildman–Crippen MR) is 75.4 cm³/mol. The number of rotatable bonds is 3. The first kappa shape index (κ1) is 12.9. The second-order valence-corrected chi connectivity index (χ2v) is 5.60. The molecule has 2 heterocycles. The van der Waals surface area contributed by atoms with Crippen LogP contribution in [-0.2, 0) is 4.74 Å². The zero-order chi connectivity index (χ0) is 14.4. The van der Waals surface area contributed by atoms with E-state index in [4.69, 9.17) is 16.3 Å². The lowest BCUT2D eigenvalue weighted by molar-refractivity contribution is 0.162. The predicted octanol–water partition coefficient (Wildman–Crippen LogP) is 2.39. The molecule has 1 aliphatic heterocycles. The van der Waals surface area contributed by atoms with Gasteiger partial charge in [0.05, 0.1) is 18.8 Å². The molecule has 1 aliphatic carbocycles. The van der Waals surface area contributed by atoms with Gasteiger partial charge in [0, 0.05) is 17.9 Å². The van der Waals surface area contributed by atoms with Crippen molar-refractivity contribution in [2.75, 3.05) is 18.5 Å². The van der Waals surface area contributed by atoms with E-state index >= 15 is 0 Å². The molecule has 2 aromatic rings. The Hall–Kier alpha value is -1.79. The van der Waals surface area contributed by atoms with Crippen molar-refractivity contribution in [3.63, 3.8) is 0 Å². The van der Waals surface area contributed by atoms with E-state index < -0.39 is 0 Å². The number of hydrogen-bond acceptors (Lipinski definition) is 5. The van der Waals surface area contributed by atoms with Gasteiger partial charge in [-0.1, -0.05) is 12.1 Å². The molecule has 1 saturated carbocycles. The maximum atomic E-state index is 13.8. The normalized spacial score (nSPS) is 26.5. The van der Waals surface area contributed by atoms with Gasteiger partial charge in [0.2, 0.25) is 11.2 Å². The van der Waals surface area contributed by atoms with Crippen molar-refractivity contribution in [3.05, 3.63) is 35.4 Å². The summed E-state index contributed by atoms with van der Waals surface area (Å²) >= 11 is 5.93. The summed E-state index contributed by atoms with van der Waals surface area (Å²) in [5.41, 5.74) is 0.309. The maximum Gasteiger partial charge on any atom is 0.227 e. The summed E-state index contributed by atoms with van der Waals surface area (Å²) in [5, 5.41) is 3.29. The van der Waals surface area contributed by atoms with E-state index in [0.717, 1.165) is 13.2 Å². The molecule has 108 valence electrons. The standard InChI is InChI=1S/C14H12ClFN4O/c15-13-18-12(7-3-1-2-4-10(7)16)19-14(20-13)17-11-8-5-21-6-9(8)11/h1-4,8-9,11H,5-6H2,(H,17,18,19,20)/t8-,9+,11?. The Kier molecular flexibility index (Phi) is 3.01. The number of nitrogens with zero attached hydrogens (tertiary/aromatic N) is 3. The van der Waals surface area contributed by atoms with Crippen LogP contribution in [0.15, 0.2) is 24.3 Å². The first-order chi connectivity index (χ1) is 10.2. The van der Waals surface area contributed by atoms with Gasteiger partial charge in [-0.3, -0.25) is 0 Å². The number of ether oxygens (including phenoxy) is 1. The first-order valence-electron chi connectivity index (χ1n) is 6.73. The van der Waals surface area contributed by atoms with Gasteiger partial charge in [-0.2, -0.15) is 15.0 Å². The van der Waals surface area contributed by atoms with Crippen molar-refractivity contribution in [2.45, 2.75) is 6.04 Å². The fraction of sp³-hybridized carbons (Fsp3) is 0.357. The highest BCUT2D eigenvalue weighted by molar-refractivity contribution is 6.28. The van der Waals surface area contributed by atoms with E-state index in [1.807, 2.05) is 0 Å². The maximum absolute atomic E-state index is 13.8. The molecule has 4 rings (SSSR count). The number of halogens is 2. The molecular weight excluding hydrogens is 295 g/mol. The van der Waals surface area contributed by atoms with Crippen LogP contribution in [0.3, 0.4) is 0 Å². The Morgan fingerprint density at radius 3 is 2.67 bits per heavy atom. The highest BCUT2D eigenvalue weighted by atomic mass is 35.5. The number of fused-ring (bicyclic) bond motifs is 1. The van der Waals surface area contributed by atoms with Gasteiger partial charge in [-0.05, 0) is 23.7 Å². The van der Waals surface area contributed by atoms with Crippen molar-refractivity contribution >= 4 is 17.5 Å². The number of benzene rings is 1. The molecule has 1 N–H and O–H groups in total. The lowest BCUT2D eigenvalue weighted by Gasteiger charge is -2.09. The minimum absolute atomic E-state index is 0.0489. The van der Waals surface area contributed by atoms with Gasteiger partial charge in [0.25, 0.3) is 0 Å². The molecule has 1 saturated heterocycles. The lowest BCUT2D eigenvalue weighted by atomic mass is 10.2. The monoisotopic (exact) mass is 306 g/mol. The van der Waals surface area contributed by atoms with Crippen LogP contribution >= 0.6 is 11.6 Å². The topological polar surface area (TPSA) is 59.9 Å². The molecule has 2 fully saturated rings. The molecule has 7 heteroatoms. The Morgan fingerprint density at radius 1 is 1.14 bits per heavy atom. The van der Waals surface area contributed by atoms with Crippen molar-refractivity contribution in [1.29, 1.82) is 0 Å². The van der Waals surface area contributed by atoms with Gasteiger partial charge >= 0.3 is 0 Å². The summed E-state index contributed by atoms with van der Waals surface area (Å²) < 4.78 is 19.2. The van der Waals surface area contributed by atoms with Crippen molar-refractivity contribution in [1.82, 2.24) is 15.0 Å². The van der Waals surface area contributed by atoms with Crippen LogP contribution in [0.4, 0.5) is 10.3 Å². The number of nitrogens with one attached hydrogen (secondary N) is 1. The van der Waals surface area contributed by atoms with Gasteiger partial charge in [0.15, 0.2) is 5.82 Å². The van der Waals surface area contributed by atoms with Crippen LogP contribution < -0.4 is 5.32 Å². The van der Waals surface area contributed by atoms with Crippen LogP contribution in [0.25, 0.3) is 11.4 Å². The summed E-state index contributed by atoms with van der Waals surface area (Å²) in [6.07, 6.45) is 0. The molecule has 0 spiro atoms. The Morgan fingerprint density at radius 2 is 1.90 bits per heavy atom. The smallest absolute Gasteiger partial charge is 0.227 e. The van der Waals surface area contributed by atoms with Crippen LogP contribution in [0, 0.1) is 17.7 Å². The summed E-state index contributed by atoms with van der Waals surface area (Å²) in [7, 11) is 0. The number of hydrogen-bond donors (Lipinski definition) is 1. The van der Waals surface area contributed by atoms with E-state index in [1.165, 1.54) is 6.07 Å². The highest BCUT2D eigenvalue weighted by Gasteiger charge is 2.54. The molecule has 2 aliphatic rings. The molecule has 0 amide bonds. The molecule has 3 atom stereocenters. The molecule has 1 aromatic heterocycles. The summed E-state index contributed by atoms with van der Waals surface area (Å²) in [6.45, 7) is 1.53. The second-order valence-electron chi connectivity index (χ2n) is 5.27. The Bertz CT molecular complexity index is 688. The summed E-state index contributed by atoms with van der Waals surface area (Å²) in [5.74, 6) is 1.25. The third-order valence-corrected chi connectivity index (χ3v) is 4.14. The number of aromatic nitrogens is 3. The zero-order valence-corrected chi connectivity index (χ0v) is 11.7. The van der Waals surface area contributed by atoms with Crippen LogP contribution in [-0.4, -0.2) is 34.2 Å². The van der Waals surface area contributed by atoms with Crippen LogP contribution in [0.5, 0.6) is 0 Å². The van der Waals surface area contributed by atoms with E-state index in [2.05, 4.69) is 20.3 Å². The van der Waals surface area contributed by atoms with Gasteiger partial charge < -0.3 is 10.1 Å². The number of anilines is 1. The summed E-state index contributed by atoms with van der Waals surface area (Å²) in [4.78, 5) is 12.3. The van der Waals surface area contributed by atoms with Gasteiger partial charge in [0.1, 0.15) is 5.82 Å². The Labute approximate surface area is 125 Å². The SMILES string of the molecule is Fc1ccccc1-c1nc(Cl)nc(NC2[C@H]3COC[C@@H]23)n1. The molecule has 1 aromatic carbocycles. The van der Waals surface area contributed by atoms with E-state index in [-0.39, 0.29) is 16.9 Å². The average molecular weight is 307 g/mol. The third kappa shape index (κ3) is 2.34. The second kappa shape index (κ2) is 4.89. The highest BCUT2D eigenvalue weighted by Crippen LogP contribution is 2.45. The van der Waals surface area contributed by atoms with Crippen molar-refractivity contribution in [3.8, 4) is 11.4 Å². The molecule has 21 heavy (non-hydrogen) atoms. The van der Waals surface area contributed by atoms with E-state index in [9.17, 15) is 4.39 Å². The largest absolute Gasteiger partial charge is 0.381 e. The lowest BCUT2D eigenvalue weighted by Crippen LogP contribution is -2.15. The van der Waals surface area contributed by atoms with E-state index in [0.29, 0.717) is 29.4 Å². The quantitative estimate of drug-likeness (QED) is 0.943. The van der Waals surface area contributed by atoms with Crippen LogP contribution in [0.2, 0.25) is 5.28 Å². The fourth-order valence-electron chi connectivity index (χ4n) is 2.78. The molecule has 0 bridgehead atoms. The Balaban J connectivity index is 1.62. The molecular formula is C14H12ClFN4O. The van der Waals surface area contributed by atoms with Crippen molar-refractivity contribution in [2.24, 2.45) is 11.8 Å². The zero-order valence-electron chi connectivity index (χ0n) is 11.0. The fourth-order valence-corrected chi connectivity index (χ4v) is 2.94. The van der Waals surface area contributed by atoms with Crippen LogP contribution in [0.1, 0.15) is 0 Å².